The topological polar surface area (TPSA) is 79.1 Å². The van der Waals surface area contributed by atoms with E-state index < -0.39 is 0 Å². The number of likely N-dealkylation sites (tertiary alicyclic amines) is 1. The van der Waals surface area contributed by atoms with Crippen molar-refractivity contribution in [3.63, 3.8) is 0 Å². The minimum atomic E-state index is -0.178. The second-order valence-corrected chi connectivity index (χ2v) is 6.93. The van der Waals surface area contributed by atoms with Crippen molar-refractivity contribution in [3.8, 4) is 23.1 Å². The molecular weight excluding hydrogens is 364 g/mol. The van der Waals surface area contributed by atoms with Crippen molar-refractivity contribution in [1.29, 1.82) is 5.26 Å². The van der Waals surface area contributed by atoms with Crippen LogP contribution in [-0.4, -0.2) is 40.0 Å². The minimum absolute atomic E-state index is 0.0724. The van der Waals surface area contributed by atoms with Crippen molar-refractivity contribution in [1.82, 2.24) is 14.9 Å². The maximum absolute atomic E-state index is 12.7. The van der Waals surface area contributed by atoms with E-state index in [0.29, 0.717) is 25.9 Å². The lowest BCUT2D eigenvalue weighted by molar-refractivity contribution is -0.129. The summed E-state index contributed by atoms with van der Waals surface area (Å²) in [7, 11) is 0. The SMILES string of the molecule is N#Cc1nccnc1OC1CCN(C(=O)Cc2ccc(-c3ccccc3)cc2)C1. The molecule has 1 aliphatic rings. The zero-order valence-corrected chi connectivity index (χ0v) is 15.9. The first-order valence-electron chi connectivity index (χ1n) is 9.53. The van der Waals surface area contributed by atoms with Gasteiger partial charge in [-0.1, -0.05) is 54.6 Å². The van der Waals surface area contributed by atoms with Crippen molar-refractivity contribution in [2.75, 3.05) is 13.1 Å². The van der Waals surface area contributed by atoms with Crippen LogP contribution in [0.5, 0.6) is 5.88 Å². The van der Waals surface area contributed by atoms with Crippen LogP contribution in [0.4, 0.5) is 0 Å². The summed E-state index contributed by atoms with van der Waals surface area (Å²) in [5.41, 5.74) is 3.44. The van der Waals surface area contributed by atoms with E-state index in [4.69, 9.17) is 10.00 Å². The van der Waals surface area contributed by atoms with Gasteiger partial charge in [0.2, 0.25) is 11.6 Å². The fourth-order valence-electron chi connectivity index (χ4n) is 3.43. The lowest BCUT2D eigenvalue weighted by atomic mass is 10.0. The highest BCUT2D eigenvalue weighted by Crippen LogP contribution is 2.21. The van der Waals surface area contributed by atoms with Gasteiger partial charge in [0.1, 0.15) is 12.2 Å². The Hall–Kier alpha value is -3.72. The summed E-state index contributed by atoms with van der Waals surface area (Å²) in [6.07, 6.45) is 3.84. The van der Waals surface area contributed by atoms with Gasteiger partial charge < -0.3 is 9.64 Å². The second-order valence-electron chi connectivity index (χ2n) is 6.93. The molecule has 2 heterocycles. The van der Waals surface area contributed by atoms with Gasteiger partial charge in [-0.2, -0.15) is 5.26 Å². The van der Waals surface area contributed by atoms with Crippen LogP contribution >= 0.6 is 0 Å². The van der Waals surface area contributed by atoms with Crippen LogP contribution in [0, 0.1) is 11.3 Å². The number of amides is 1. The first-order valence-corrected chi connectivity index (χ1v) is 9.53. The second kappa shape index (κ2) is 8.53. The summed E-state index contributed by atoms with van der Waals surface area (Å²) < 4.78 is 5.80. The fourth-order valence-corrected chi connectivity index (χ4v) is 3.43. The zero-order chi connectivity index (χ0) is 20.1. The maximum Gasteiger partial charge on any atom is 0.251 e. The van der Waals surface area contributed by atoms with Gasteiger partial charge in [-0.15, -0.1) is 0 Å². The number of rotatable bonds is 5. The Morgan fingerprint density at radius 2 is 1.79 bits per heavy atom. The van der Waals surface area contributed by atoms with E-state index in [9.17, 15) is 4.79 Å². The van der Waals surface area contributed by atoms with E-state index >= 15 is 0 Å². The molecule has 0 spiro atoms. The van der Waals surface area contributed by atoms with Crippen molar-refractivity contribution >= 4 is 5.91 Å². The Morgan fingerprint density at radius 3 is 2.55 bits per heavy atom. The van der Waals surface area contributed by atoms with Crippen LogP contribution in [-0.2, 0) is 11.2 Å². The molecule has 1 aliphatic heterocycles. The monoisotopic (exact) mass is 384 g/mol. The van der Waals surface area contributed by atoms with E-state index in [1.54, 1.807) is 4.90 Å². The largest absolute Gasteiger partial charge is 0.470 e. The predicted molar refractivity (Wildman–Crippen MR) is 108 cm³/mol. The van der Waals surface area contributed by atoms with Crippen molar-refractivity contribution in [2.24, 2.45) is 0 Å². The lowest BCUT2D eigenvalue weighted by Crippen LogP contribution is -2.32. The van der Waals surface area contributed by atoms with Crippen LogP contribution < -0.4 is 4.74 Å². The Morgan fingerprint density at radius 1 is 1.07 bits per heavy atom. The zero-order valence-electron chi connectivity index (χ0n) is 15.9. The first kappa shape index (κ1) is 18.6. The molecule has 0 saturated carbocycles. The van der Waals surface area contributed by atoms with E-state index in [2.05, 4.69) is 22.1 Å². The molecular formula is C23H20N4O2. The quantitative estimate of drug-likeness (QED) is 0.675. The standard InChI is InChI=1S/C23H20N4O2/c24-15-21-23(26-12-11-25-21)29-20-10-13-27(16-20)22(28)14-17-6-8-19(9-7-17)18-4-2-1-3-5-18/h1-9,11-12,20H,10,13-14,16H2. The van der Waals surface area contributed by atoms with E-state index in [1.807, 2.05) is 48.5 Å². The summed E-state index contributed by atoms with van der Waals surface area (Å²) in [5, 5.41) is 9.09. The molecule has 1 amide bonds. The third-order valence-corrected chi connectivity index (χ3v) is 4.96. The van der Waals surface area contributed by atoms with E-state index in [1.165, 1.54) is 12.4 Å². The van der Waals surface area contributed by atoms with Crippen LogP contribution in [0.1, 0.15) is 17.7 Å². The molecule has 1 aromatic heterocycles. The van der Waals surface area contributed by atoms with Crippen molar-refractivity contribution < 1.29 is 9.53 Å². The first-order chi connectivity index (χ1) is 14.2. The van der Waals surface area contributed by atoms with Gasteiger partial charge in [0.15, 0.2) is 0 Å². The normalized spacial score (nSPS) is 15.7. The molecule has 2 aromatic carbocycles. The maximum atomic E-state index is 12.7. The number of benzene rings is 2. The molecule has 6 nitrogen and oxygen atoms in total. The number of carbonyl (C=O) groups excluding carboxylic acids is 1. The van der Waals surface area contributed by atoms with Gasteiger partial charge in [0, 0.05) is 25.4 Å². The van der Waals surface area contributed by atoms with Crippen LogP contribution in [0.25, 0.3) is 11.1 Å². The van der Waals surface area contributed by atoms with Gasteiger partial charge in [-0.25, -0.2) is 9.97 Å². The van der Waals surface area contributed by atoms with Crippen molar-refractivity contribution in [3.05, 3.63) is 78.2 Å². The molecule has 0 aliphatic carbocycles. The average Bonchev–Trinajstić information content (AvgIpc) is 3.24. The molecule has 0 N–H and O–H groups in total. The summed E-state index contributed by atoms with van der Waals surface area (Å²) in [5.74, 6) is 0.300. The molecule has 29 heavy (non-hydrogen) atoms. The Bertz CT molecular complexity index is 1030. The average molecular weight is 384 g/mol. The molecule has 1 fully saturated rings. The summed E-state index contributed by atoms with van der Waals surface area (Å²) in [4.78, 5) is 22.5. The van der Waals surface area contributed by atoms with Gasteiger partial charge in [0.25, 0.3) is 5.88 Å². The van der Waals surface area contributed by atoms with E-state index in [-0.39, 0.29) is 23.6 Å². The van der Waals surface area contributed by atoms with Crippen LogP contribution in [0.15, 0.2) is 67.0 Å². The number of hydrogen-bond donors (Lipinski definition) is 0. The lowest BCUT2D eigenvalue weighted by Gasteiger charge is -2.17. The number of ether oxygens (including phenoxy) is 1. The highest BCUT2D eigenvalue weighted by Gasteiger charge is 2.28. The molecule has 0 radical (unpaired) electrons. The van der Waals surface area contributed by atoms with Crippen molar-refractivity contribution in [2.45, 2.75) is 18.9 Å². The van der Waals surface area contributed by atoms with Gasteiger partial charge in [-0.05, 0) is 16.7 Å². The van der Waals surface area contributed by atoms with Crippen LogP contribution in [0.2, 0.25) is 0 Å². The fraction of sp³-hybridized carbons (Fsp3) is 0.217. The molecule has 4 rings (SSSR count). The molecule has 6 heteroatoms. The number of aromatic nitrogens is 2. The molecule has 3 aromatic rings. The van der Waals surface area contributed by atoms with Gasteiger partial charge in [-0.3, -0.25) is 4.79 Å². The van der Waals surface area contributed by atoms with Gasteiger partial charge >= 0.3 is 0 Å². The summed E-state index contributed by atoms with van der Waals surface area (Å²) >= 11 is 0. The summed E-state index contributed by atoms with van der Waals surface area (Å²) in [6.45, 7) is 1.12. The van der Waals surface area contributed by atoms with Crippen LogP contribution in [0.3, 0.4) is 0 Å². The minimum Gasteiger partial charge on any atom is -0.470 e. The summed E-state index contributed by atoms with van der Waals surface area (Å²) in [6, 6.07) is 20.2. The molecule has 1 unspecified atom stereocenters. The van der Waals surface area contributed by atoms with E-state index in [0.717, 1.165) is 16.7 Å². The van der Waals surface area contributed by atoms with Gasteiger partial charge in [0.05, 0.1) is 13.0 Å². The Labute approximate surface area is 169 Å². The molecule has 1 atom stereocenters. The third-order valence-electron chi connectivity index (χ3n) is 4.96. The third kappa shape index (κ3) is 4.41. The number of hydrogen-bond acceptors (Lipinski definition) is 5. The number of nitrogens with zero attached hydrogens (tertiary/aromatic N) is 4. The highest BCUT2D eigenvalue weighted by molar-refractivity contribution is 5.79. The number of carbonyl (C=O) groups is 1. The predicted octanol–water partition coefficient (Wildman–Crippen LogP) is 3.24. The Kier molecular flexibility index (Phi) is 5.48. The Balaban J connectivity index is 1.34. The molecule has 0 bridgehead atoms. The highest BCUT2D eigenvalue weighted by atomic mass is 16.5. The number of nitriles is 1. The molecule has 1 saturated heterocycles. The smallest absolute Gasteiger partial charge is 0.251 e. The molecule has 144 valence electrons.